The summed E-state index contributed by atoms with van der Waals surface area (Å²) in [5.41, 5.74) is 3.03. The largest absolute Gasteiger partial charge is 0.497 e. The van der Waals surface area contributed by atoms with Crippen LogP contribution in [0.5, 0.6) is 5.75 Å². The van der Waals surface area contributed by atoms with Crippen molar-refractivity contribution >= 4 is 40.7 Å². The number of anilines is 1. The molecule has 0 amide bonds. The molecule has 0 N–H and O–H groups in total. The molecule has 3 aromatic carbocycles. The third kappa shape index (κ3) is 2.57. The van der Waals surface area contributed by atoms with Crippen molar-refractivity contribution in [1.82, 2.24) is 0 Å². The highest BCUT2D eigenvalue weighted by atomic mass is 35.5. The van der Waals surface area contributed by atoms with E-state index >= 15 is 0 Å². The Morgan fingerprint density at radius 2 is 1.61 bits per heavy atom. The summed E-state index contributed by atoms with van der Waals surface area (Å²) < 4.78 is 4.36. The van der Waals surface area contributed by atoms with Crippen molar-refractivity contribution in [2.75, 3.05) is 12.0 Å². The number of nitrogens with zero attached hydrogens (tertiary/aromatic N) is 1. The monoisotopic (exact) mass is 427 g/mol. The fraction of sp³-hybridized carbons (Fsp3) is 0.217. The zero-order chi connectivity index (χ0) is 19.4. The summed E-state index contributed by atoms with van der Waals surface area (Å²) in [6, 6.07) is 27.1. The Kier molecular flexibility index (Phi) is 4.31. The number of methoxy groups -OCH3 is 1. The topological polar surface area (TPSA) is 12.2 Å². The number of rotatable bonds is 3. The van der Waals surface area contributed by atoms with Crippen LogP contribution in [0.4, 0.5) is 5.69 Å². The molecule has 0 spiro atoms. The van der Waals surface area contributed by atoms with Crippen LogP contribution in [0.2, 0.25) is 0 Å². The molecule has 0 aliphatic carbocycles. The van der Waals surface area contributed by atoms with E-state index in [1.54, 1.807) is 7.11 Å². The summed E-state index contributed by atoms with van der Waals surface area (Å²) in [5.74, 6) is 0.859. The zero-order valence-corrected chi connectivity index (χ0v) is 17.6. The lowest BCUT2D eigenvalue weighted by molar-refractivity contribution is 0.414. The summed E-state index contributed by atoms with van der Waals surface area (Å²) in [6.45, 7) is 0. The molecule has 3 aromatic rings. The van der Waals surface area contributed by atoms with E-state index in [2.05, 4.69) is 59.5 Å². The van der Waals surface area contributed by atoms with Crippen molar-refractivity contribution in [3.05, 3.63) is 90.0 Å². The standard InChI is InChI=1S/C23H19Cl2NOS/c1-27-18-13-11-16(12-14-18)21-15-22(17-7-3-2-4-8-17)23(24,25)26(22)19-9-5-6-10-20(19)28-21/h2-14,21H,15H2,1H3/t21-,22-,26?/m1/s1. The maximum Gasteiger partial charge on any atom is 0.219 e. The first-order valence-electron chi connectivity index (χ1n) is 9.21. The Labute approximate surface area is 179 Å². The Bertz CT molecular complexity index is 1010. The minimum absolute atomic E-state index is 0.219. The van der Waals surface area contributed by atoms with E-state index in [0.29, 0.717) is 0 Å². The summed E-state index contributed by atoms with van der Waals surface area (Å²) >= 11 is 15.8. The number of fused-ring (bicyclic) bond motifs is 3. The second-order valence-corrected chi connectivity index (χ2v) is 9.69. The number of hydrogen-bond donors (Lipinski definition) is 0. The van der Waals surface area contributed by atoms with Crippen LogP contribution in [0.3, 0.4) is 0 Å². The van der Waals surface area contributed by atoms with Crippen LogP contribution >= 0.6 is 35.0 Å². The molecule has 5 rings (SSSR count). The highest BCUT2D eigenvalue weighted by molar-refractivity contribution is 7.99. The van der Waals surface area contributed by atoms with Gasteiger partial charge in [-0.15, -0.1) is 11.8 Å². The number of ether oxygens (including phenoxy) is 1. The fourth-order valence-electron chi connectivity index (χ4n) is 4.26. The minimum Gasteiger partial charge on any atom is -0.497 e. The van der Waals surface area contributed by atoms with Crippen LogP contribution < -0.4 is 9.64 Å². The number of hydrogen-bond acceptors (Lipinski definition) is 3. The fourth-order valence-corrected chi connectivity index (χ4v) is 6.55. The van der Waals surface area contributed by atoms with Gasteiger partial charge in [0.1, 0.15) is 11.3 Å². The molecule has 1 fully saturated rings. The molecule has 0 saturated carbocycles. The molecule has 2 aliphatic heterocycles. The van der Waals surface area contributed by atoms with Gasteiger partial charge < -0.3 is 9.64 Å². The summed E-state index contributed by atoms with van der Waals surface area (Å²) in [7, 11) is 1.69. The Balaban J connectivity index is 1.66. The van der Waals surface area contributed by atoms with E-state index in [1.165, 1.54) is 10.5 Å². The lowest BCUT2D eigenvalue weighted by Crippen LogP contribution is -2.19. The first kappa shape index (κ1) is 18.2. The molecule has 0 aromatic heterocycles. The quantitative estimate of drug-likeness (QED) is 0.259. The Hall–Kier alpha value is -1.81. The van der Waals surface area contributed by atoms with Crippen molar-refractivity contribution in [1.29, 1.82) is 0 Å². The molecule has 1 saturated heterocycles. The van der Waals surface area contributed by atoms with Gasteiger partial charge in [-0.3, -0.25) is 0 Å². The van der Waals surface area contributed by atoms with Gasteiger partial charge in [-0.05, 0) is 41.8 Å². The molecule has 2 heterocycles. The average Bonchev–Trinajstić information content (AvgIpc) is 3.29. The third-order valence-corrected chi connectivity index (χ3v) is 7.99. The molecule has 2 aliphatic rings. The minimum atomic E-state index is -0.976. The van der Waals surface area contributed by atoms with Gasteiger partial charge in [0.25, 0.3) is 0 Å². The Morgan fingerprint density at radius 3 is 2.32 bits per heavy atom. The number of benzene rings is 3. The number of para-hydroxylation sites is 1. The molecule has 142 valence electrons. The predicted octanol–water partition coefficient (Wildman–Crippen LogP) is 6.78. The van der Waals surface area contributed by atoms with Crippen LogP contribution in [-0.4, -0.2) is 11.6 Å². The van der Waals surface area contributed by atoms with Gasteiger partial charge in [0.05, 0.1) is 12.8 Å². The van der Waals surface area contributed by atoms with Gasteiger partial charge in [0.15, 0.2) is 0 Å². The second kappa shape index (κ2) is 6.62. The van der Waals surface area contributed by atoms with Crippen molar-refractivity contribution in [2.24, 2.45) is 0 Å². The number of halogens is 2. The van der Waals surface area contributed by atoms with Crippen LogP contribution in [0, 0.1) is 0 Å². The molecule has 0 radical (unpaired) electrons. The van der Waals surface area contributed by atoms with Gasteiger partial charge in [-0.25, -0.2) is 0 Å². The maximum atomic E-state index is 6.97. The van der Waals surface area contributed by atoms with Crippen molar-refractivity contribution in [3.63, 3.8) is 0 Å². The van der Waals surface area contributed by atoms with E-state index in [-0.39, 0.29) is 5.25 Å². The normalized spacial score (nSPS) is 24.7. The van der Waals surface area contributed by atoms with E-state index in [1.807, 2.05) is 36.0 Å². The molecular weight excluding hydrogens is 409 g/mol. The third-order valence-electron chi connectivity index (χ3n) is 5.71. The van der Waals surface area contributed by atoms with Crippen LogP contribution in [0.1, 0.15) is 22.8 Å². The van der Waals surface area contributed by atoms with Crippen molar-refractivity contribution in [3.8, 4) is 5.75 Å². The SMILES string of the molecule is COc1ccc([C@H]2C[C@]3(c4ccccc4)N(c4ccccc4S2)C3(Cl)Cl)cc1. The molecular formula is C23H19Cl2NOS. The highest BCUT2D eigenvalue weighted by Crippen LogP contribution is 2.72. The highest BCUT2D eigenvalue weighted by Gasteiger charge is 2.76. The summed E-state index contributed by atoms with van der Waals surface area (Å²) in [6.07, 6.45) is 0.815. The van der Waals surface area contributed by atoms with E-state index in [4.69, 9.17) is 27.9 Å². The molecule has 0 unspecified atom stereocenters. The van der Waals surface area contributed by atoms with E-state index < -0.39 is 10.00 Å². The second-order valence-electron chi connectivity index (χ2n) is 7.15. The van der Waals surface area contributed by atoms with Crippen LogP contribution in [-0.2, 0) is 5.54 Å². The lowest BCUT2D eigenvalue weighted by atomic mass is 9.91. The smallest absolute Gasteiger partial charge is 0.219 e. The Morgan fingerprint density at radius 1 is 0.929 bits per heavy atom. The number of thioether (sulfide) groups is 1. The summed E-state index contributed by atoms with van der Waals surface area (Å²) in [5, 5.41) is 0.219. The molecule has 2 atom stereocenters. The lowest BCUT2D eigenvalue weighted by Gasteiger charge is -2.22. The molecule has 0 bridgehead atoms. The van der Waals surface area contributed by atoms with Gasteiger partial charge in [-0.2, -0.15) is 0 Å². The molecule has 2 nitrogen and oxygen atoms in total. The van der Waals surface area contributed by atoms with Crippen LogP contribution in [0.25, 0.3) is 0 Å². The van der Waals surface area contributed by atoms with Gasteiger partial charge in [0.2, 0.25) is 4.46 Å². The van der Waals surface area contributed by atoms with Crippen molar-refractivity contribution in [2.45, 2.75) is 26.6 Å². The molecule has 28 heavy (non-hydrogen) atoms. The van der Waals surface area contributed by atoms with Gasteiger partial charge in [-0.1, -0.05) is 77.8 Å². The first-order chi connectivity index (χ1) is 13.6. The summed E-state index contributed by atoms with van der Waals surface area (Å²) in [4.78, 5) is 3.37. The predicted molar refractivity (Wildman–Crippen MR) is 118 cm³/mol. The van der Waals surface area contributed by atoms with Crippen LogP contribution in [0.15, 0.2) is 83.8 Å². The van der Waals surface area contributed by atoms with Crippen molar-refractivity contribution < 1.29 is 4.74 Å². The van der Waals surface area contributed by atoms with E-state index in [9.17, 15) is 0 Å². The van der Waals surface area contributed by atoms with Gasteiger partial charge >= 0.3 is 0 Å². The first-order valence-corrected chi connectivity index (χ1v) is 10.8. The number of alkyl halides is 2. The zero-order valence-electron chi connectivity index (χ0n) is 15.3. The van der Waals surface area contributed by atoms with Gasteiger partial charge in [0, 0.05) is 10.1 Å². The van der Waals surface area contributed by atoms with E-state index in [0.717, 1.165) is 23.4 Å². The maximum absolute atomic E-state index is 6.97. The molecule has 5 heteroatoms. The average molecular weight is 428 g/mol.